The fourth-order valence-corrected chi connectivity index (χ4v) is 4.15. The zero-order chi connectivity index (χ0) is 23.6. The smallest absolute Gasteiger partial charge is 0.317 e. The van der Waals surface area contributed by atoms with Crippen molar-refractivity contribution in [2.75, 3.05) is 32.7 Å². The van der Waals surface area contributed by atoms with Gasteiger partial charge in [0.15, 0.2) is 0 Å². The summed E-state index contributed by atoms with van der Waals surface area (Å²) in [5.74, 6) is -1.39. The average molecular weight is 460 g/mol. The van der Waals surface area contributed by atoms with Crippen molar-refractivity contribution in [1.82, 2.24) is 15.1 Å². The molecular weight excluding hydrogens is 428 g/mol. The van der Waals surface area contributed by atoms with Gasteiger partial charge in [-0.3, -0.25) is 9.69 Å². The number of urea groups is 1. The minimum Gasteiger partial charge on any atom is -0.481 e. The van der Waals surface area contributed by atoms with Crippen molar-refractivity contribution < 1.29 is 23.5 Å². The number of rotatable bonds is 10. The molecule has 178 valence electrons. The lowest BCUT2D eigenvalue weighted by Crippen LogP contribution is -2.52. The molecule has 1 aliphatic rings. The summed E-state index contributed by atoms with van der Waals surface area (Å²) in [5, 5.41) is 11.6. The van der Waals surface area contributed by atoms with Crippen LogP contribution in [-0.2, 0) is 4.79 Å². The van der Waals surface area contributed by atoms with E-state index in [9.17, 15) is 18.4 Å². The van der Waals surface area contributed by atoms with Crippen LogP contribution in [0.15, 0.2) is 48.5 Å². The van der Waals surface area contributed by atoms with Crippen LogP contribution >= 0.6 is 0 Å². The first-order chi connectivity index (χ1) is 15.9. The van der Waals surface area contributed by atoms with E-state index >= 15 is 0 Å². The van der Waals surface area contributed by atoms with Crippen molar-refractivity contribution in [3.8, 4) is 0 Å². The predicted molar refractivity (Wildman–Crippen MR) is 122 cm³/mol. The van der Waals surface area contributed by atoms with Crippen LogP contribution in [0.4, 0.5) is 13.6 Å². The number of hydrogen-bond acceptors (Lipinski definition) is 3. The Hall–Kier alpha value is -3.00. The monoisotopic (exact) mass is 459 g/mol. The van der Waals surface area contributed by atoms with Gasteiger partial charge in [0.2, 0.25) is 0 Å². The number of unbranched alkanes of at least 4 members (excludes halogenated alkanes) is 3. The molecule has 2 N–H and O–H groups in total. The second kappa shape index (κ2) is 12.3. The molecule has 8 heteroatoms. The highest BCUT2D eigenvalue weighted by Gasteiger charge is 2.28. The van der Waals surface area contributed by atoms with Crippen LogP contribution in [0.5, 0.6) is 0 Å². The van der Waals surface area contributed by atoms with Gasteiger partial charge in [0.1, 0.15) is 11.6 Å². The Morgan fingerprint density at radius 1 is 0.818 bits per heavy atom. The molecule has 0 spiro atoms. The van der Waals surface area contributed by atoms with E-state index in [-0.39, 0.29) is 30.1 Å². The van der Waals surface area contributed by atoms with E-state index in [1.165, 1.54) is 24.3 Å². The molecule has 0 atom stereocenters. The van der Waals surface area contributed by atoms with E-state index in [4.69, 9.17) is 5.11 Å². The molecule has 3 rings (SSSR count). The Bertz CT molecular complexity index is 853. The Morgan fingerprint density at radius 2 is 1.33 bits per heavy atom. The lowest BCUT2D eigenvalue weighted by atomic mass is 9.96. The van der Waals surface area contributed by atoms with Crippen LogP contribution < -0.4 is 5.32 Å². The van der Waals surface area contributed by atoms with Crippen LogP contribution in [0.1, 0.15) is 49.3 Å². The summed E-state index contributed by atoms with van der Waals surface area (Å²) in [6, 6.07) is 12.5. The highest BCUT2D eigenvalue weighted by atomic mass is 19.1. The number of aliphatic carboxylic acids is 1. The largest absolute Gasteiger partial charge is 0.481 e. The van der Waals surface area contributed by atoms with Crippen LogP contribution in [0.3, 0.4) is 0 Å². The van der Waals surface area contributed by atoms with Gasteiger partial charge in [0.25, 0.3) is 0 Å². The van der Waals surface area contributed by atoms with Gasteiger partial charge in [0, 0.05) is 39.1 Å². The quantitative estimate of drug-likeness (QED) is 0.516. The summed E-state index contributed by atoms with van der Waals surface area (Å²) < 4.78 is 26.9. The Labute approximate surface area is 193 Å². The molecule has 0 bridgehead atoms. The van der Waals surface area contributed by atoms with E-state index in [2.05, 4.69) is 10.2 Å². The van der Waals surface area contributed by atoms with Crippen molar-refractivity contribution >= 4 is 12.0 Å². The van der Waals surface area contributed by atoms with Gasteiger partial charge in [-0.1, -0.05) is 37.1 Å². The molecule has 2 amide bonds. The number of amides is 2. The van der Waals surface area contributed by atoms with Gasteiger partial charge in [-0.15, -0.1) is 0 Å². The third-order valence-corrected chi connectivity index (χ3v) is 5.93. The predicted octanol–water partition coefficient (Wildman–Crippen LogP) is 4.42. The van der Waals surface area contributed by atoms with E-state index in [0.29, 0.717) is 39.1 Å². The lowest BCUT2D eigenvalue weighted by Gasteiger charge is -2.39. The van der Waals surface area contributed by atoms with Crippen molar-refractivity contribution in [3.63, 3.8) is 0 Å². The number of halogens is 2. The summed E-state index contributed by atoms with van der Waals surface area (Å²) in [4.78, 5) is 27.0. The molecule has 0 aliphatic carbocycles. The van der Waals surface area contributed by atoms with Gasteiger partial charge in [-0.2, -0.15) is 0 Å². The fourth-order valence-electron chi connectivity index (χ4n) is 4.15. The third-order valence-electron chi connectivity index (χ3n) is 5.93. The highest BCUT2D eigenvalue weighted by Crippen LogP contribution is 2.30. The molecule has 1 saturated heterocycles. The molecule has 0 radical (unpaired) electrons. The molecule has 33 heavy (non-hydrogen) atoms. The number of benzene rings is 2. The normalized spacial score (nSPS) is 14.5. The first-order valence-electron chi connectivity index (χ1n) is 11.4. The number of piperazine rings is 1. The summed E-state index contributed by atoms with van der Waals surface area (Å²) in [6.07, 6.45) is 3.40. The Kier molecular flexibility index (Phi) is 9.18. The molecular formula is C25H31F2N3O3. The molecule has 0 saturated carbocycles. The Balaban J connectivity index is 1.51. The number of carboxylic acids is 1. The Morgan fingerprint density at radius 3 is 1.85 bits per heavy atom. The molecule has 2 aromatic carbocycles. The topological polar surface area (TPSA) is 72.9 Å². The maximum absolute atomic E-state index is 13.5. The van der Waals surface area contributed by atoms with Crippen LogP contribution in [-0.4, -0.2) is 59.6 Å². The highest BCUT2D eigenvalue weighted by molar-refractivity contribution is 5.74. The van der Waals surface area contributed by atoms with Crippen LogP contribution in [0, 0.1) is 11.6 Å². The standard InChI is InChI=1S/C25H31F2N3O3/c26-21-10-6-19(7-11-21)24(20-8-12-22(27)13-9-20)29-15-17-30(18-16-29)25(33)28-14-4-2-1-3-5-23(31)32/h6-13,24H,1-5,14-18H2,(H,28,33)(H,31,32). The number of carboxylic acid groups (broad SMARTS) is 1. The average Bonchev–Trinajstić information content (AvgIpc) is 2.81. The number of carbonyl (C=O) groups is 2. The van der Waals surface area contributed by atoms with E-state index in [0.717, 1.165) is 30.4 Å². The molecule has 1 fully saturated rings. The zero-order valence-electron chi connectivity index (χ0n) is 18.7. The van der Waals surface area contributed by atoms with Crippen molar-refractivity contribution in [3.05, 3.63) is 71.3 Å². The zero-order valence-corrected chi connectivity index (χ0v) is 18.7. The van der Waals surface area contributed by atoms with Gasteiger partial charge in [0.05, 0.1) is 6.04 Å². The maximum Gasteiger partial charge on any atom is 0.317 e. The summed E-state index contributed by atoms with van der Waals surface area (Å²) >= 11 is 0. The van der Waals surface area contributed by atoms with E-state index in [1.807, 2.05) is 0 Å². The maximum atomic E-state index is 13.5. The summed E-state index contributed by atoms with van der Waals surface area (Å²) in [6.45, 7) is 2.97. The number of nitrogens with one attached hydrogen (secondary N) is 1. The summed E-state index contributed by atoms with van der Waals surface area (Å²) in [7, 11) is 0. The first kappa shape index (κ1) is 24.6. The third kappa shape index (κ3) is 7.53. The SMILES string of the molecule is O=C(O)CCCCCCNC(=O)N1CCN(C(c2ccc(F)cc2)c2ccc(F)cc2)CC1. The number of carbonyl (C=O) groups excluding carboxylic acids is 1. The molecule has 0 unspecified atom stereocenters. The van der Waals surface area contributed by atoms with Gasteiger partial charge in [-0.25, -0.2) is 13.6 Å². The number of hydrogen-bond donors (Lipinski definition) is 2. The van der Waals surface area contributed by atoms with E-state index < -0.39 is 5.97 Å². The van der Waals surface area contributed by atoms with Crippen molar-refractivity contribution in [1.29, 1.82) is 0 Å². The van der Waals surface area contributed by atoms with Gasteiger partial charge < -0.3 is 15.3 Å². The molecule has 6 nitrogen and oxygen atoms in total. The lowest BCUT2D eigenvalue weighted by molar-refractivity contribution is -0.137. The first-order valence-corrected chi connectivity index (χ1v) is 11.4. The van der Waals surface area contributed by atoms with Crippen molar-refractivity contribution in [2.24, 2.45) is 0 Å². The number of nitrogens with zero attached hydrogens (tertiary/aromatic N) is 2. The fraction of sp³-hybridized carbons (Fsp3) is 0.440. The van der Waals surface area contributed by atoms with Gasteiger partial charge in [-0.05, 0) is 48.2 Å². The molecule has 0 aromatic heterocycles. The minimum atomic E-state index is -0.774. The van der Waals surface area contributed by atoms with Crippen LogP contribution in [0.2, 0.25) is 0 Å². The minimum absolute atomic E-state index is 0.0969. The molecule has 1 heterocycles. The molecule has 2 aromatic rings. The second-order valence-corrected chi connectivity index (χ2v) is 8.32. The van der Waals surface area contributed by atoms with Gasteiger partial charge >= 0.3 is 12.0 Å². The second-order valence-electron chi connectivity index (χ2n) is 8.32. The van der Waals surface area contributed by atoms with E-state index in [1.54, 1.807) is 29.2 Å². The van der Waals surface area contributed by atoms with Crippen LogP contribution in [0.25, 0.3) is 0 Å². The summed E-state index contributed by atoms with van der Waals surface area (Å²) in [5.41, 5.74) is 1.84. The van der Waals surface area contributed by atoms with Crippen molar-refractivity contribution in [2.45, 2.75) is 38.1 Å². The molecule has 1 aliphatic heterocycles.